The van der Waals surface area contributed by atoms with E-state index < -0.39 is 11.7 Å². The predicted molar refractivity (Wildman–Crippen MR) is 70.5 cm³/mol. The van der Waals surface area contributed by atoms with Crippen LogP contribution in [-0.2, 0) is 4.74 Å². The molecular weight excluding hydrogens is 230 g/mol. The summed E-state index contributed by atoms with van der Waals surface area (Å²) in [5.41, 5.74) is 0.456. The van der Waals surface area contributed by atoms with Gasteiger partial charge in [0.05, 0.1) is 6.04 Å². The fraction of sp³-hybridized carbons (Fsp3) is 0.500. The topological polar surface area (TPSA) is 58.6 Å². The number of benzene rings is 1. The molecule has 1 rings (SSSR count). The second-order valence-corrected chi connectivity index (χ2v) is 4.96. The van der Waals surface area contributed by atoms with Gasteiger partial charge in [-0.3, -0.25) is 0 Å². The Kier molecular flexibility index (Phi) is 4.59. The summed E-state index contributed by atoms with van der Waals surface area (Å²) in [5.74, 6) is 0.209. The fourth-order valence-electron chi connectivity index (χ4n) is 1.38. The number of rotatable bonds is 4. The lowest BCUT2D eigenvalue weighted by molar-refractivity contribution is 0.0346. The molecule has 0 bridgehead atoms. The number of carbonyl (C=O) groups is 1. The number of ether oxygens (including phenoxy) is 1. The molecule has 0 aliphatic rings. The Hall–Kier alpha value is -1.71. The van der Waals surface area contributed by atoms with E-state index in [9.17, 15) is 9.90 Å². The highest BCUT2D eigenvalue weighted by Crippen LogP contribution is 2.18. The van der Waals surface area contributed by atoms with E-state index in [1.807, 2.05) is 27.7 Å². The summed E-state index contributed by atoms with van der Waals surface area (Å²) in [4.78, 5) is 11.7. The zero-order valence-corrected chi connectivity index (χ0v) is 11.4. The van der Waals surface area contributed by atoms with Crippen molar-refractivity contribution in [1.29, 1.82) is 0 Å². The van der Waals surface area contributed by atoms with Crippen LogP contribution in [0.5, 0.6) is 5.75 Å². The van der Waals surface area contributed by atoms with Crippen molar-refractivity contribution in [3.63, 3.8) is 0 Å². The second kappa shape index (κ2) is 5.76. The molecule has 0 aliphatic heterocycles. The third-order valence-electron chi connectivity index (χ3n) is 2.95. The number of carbonyl (C=O) groups excluding carboxylic acids is 1. The third-order valence-corrected chi connectivity index (χ3v) is 2.95. The van der Waals surface area contributed by atoms with Crippen LogP contribution >= 0.6 is 0 Å². The van der Waals surface area contributed by atoms with Gasteiger partial charge in [-0.05, 0) is 44.9 Å². The molecule has 0 aliphatic carbocycles. The minimum Gasteiger partial charge on any atom is -0.508 e. The van der Waals surface area contributed by atoms with Gasteiger partial charge in [-0.25, -0.2) is 4.79 Å². The Bertz CT molecular complexity index is 398. The van der Waals surface area contributed by atoms with Crippen molar-refractivity contribution in [3.05, 3.63) is 29.8 Å². The normalized spacial score (nSPS) is 12.9. The van der Waals surface area contributed by atoms with E-state index in [-0.39, 0.29) is 11.8 Å². The number of phenols is 1. The SMILES string of the molecule is CCC(C)(C)OC(=O)N[C@@H](C)c1ccc(O)cc1. The third kappa shape index (κ3) is 4.28. The van der Waals surface area contributed by atoms with Gasteiger partial charge in [-0.2, -0.15) is 0 Å². The maximum absolute atomic E-state index is 11.7. The van der Waals surface area contributed by atoms with Gasteiger partial charge in [0.1, 0.15) is 11.4 Å². The first-order chi connectivity index (χ1) is 8.34. The number of amides is 1. The van der Waals surface area contributed by atoms with Crippen molar-refractivity contribution in [2.45, 2.75) is 45.8 Å². The minimum absolute atomic E-state index is 0.161. The molecule has 0 radical (unpaired) electrons. The number of hydrogen-bond donors (Lipinski definition) is 2. The zero-order chi connectivity index (χ0) is 13.8. The molecule has 1 amide bonds. The zero-order valence-electron chi connectivity index (χ0n) is 11.4. The van der Waals surface area contributed by atoms with E-state index >= 15 is 0 Å². The van der Waals surface area contributed by atoms with Crippen LogP contribution in [0.2, 0.25) is 0 Å². The van der Waals surface area contributed by atoms with Gasteiger partial charge < -0.3 is 15.2 Å². The lowest BCUT2D eigenvalue weighted by Crippen LogP contribution is -2.35. The van der Waals surface area contributed by atoms with Crippen molar-refractivity contribution in [1.82, 2.24) is 5.32 Å². The highest BCUT2D eigenvalue weighted by Gasteiger charge is 2.21. The van der Waals surface area contributed by atoms with E-state index in [0.717, 1.165) is 12.0 Å². The summed E-state index contributed by atoms with van der Waals surface area (Å²) in [5, 5.41) is 12.0. The molecule has 1 atom stereocenters. The molecular formula is C14H21NO3. The number of aromatic hydroxyl groups is 1. The van der Waals surface area contributed by atoms with Crippen LogP contribution in [0.3, 0.4) is 0 Å². The average Bonchev–Trinajstić information content (AvgIpc) is 2.29. The van der Waals surface area contributed by atoms with Crippen molar-refractivity contribution in [2.24, 2.45) is 0 Å². The molecule has 0 spiro atoms. The lowest BCUT2D eigenvalue weighted by atomic mass is 10.1. The molecule has 0 fully saturated rings. The Morgan fingerprint density at radius 2 is 1.94 bits per heavy atom. The van der Waals surface area contributed by atoms with Crippen LogP contribution in [0.4, 0.5) is 4.79 Å². The molecule has 0 saturated heterocycles. The molecule has 1 aromatic rings. The fourth-order valence-corrected chi connectivity index (χ4v) is 1.38. The van der Waals surface area contributed by atoms with Gasteiger partial charge in [0.2, 0.25) is 0 Å². The Balaban J connectivity index is 2.57. The van der Waals surface area contributed by atoms with Gasteiger partial charge in [0.25, 0.3) is 0 Å². The molecule has 1 aromatic carbocycles. The van der Waals surface area contributed by atoms with Gasteiger partial charge in [0, 0.05) is 0 Å². The summed E-state index contributed by atoms with van der Waals surface area (Å²) in [6.45, 7) is 7.58. The Morgan fingerprint density at radius 1 is 1.39 bits per heavy atom. The summed E-state index contributed by atoms with van der Waals surface area (Å²) < 4.78 is 5.30. The predicted octanol–water partition coefficient (Wildman–Crippen LogP) is 3.37. The Labute approximate surface area is 108 Å². The number of phenolic OH excluding ortho intramolecular Hbond substituents is 1. The van der Waals surface area contributed by atoms with Crippen molar-refractivity contribution < 1.29 is 14.6 Å². The van der Waals surface area contributed by atoms with E-state index in [0.29, 0.717) is 0 Å². The van der Waals surface area contributed by atoms with Crippen molar-refractivity contribution >= 4 is 6.09 Å². The molecule has 0 unspecified atom stereocenters. The smallest absolute Gasteiger partial charge is 0.408 e. The van der Waals surface area contributed by atoms with E-state index in [4.69, 9.17) is 4.74 Å². The number of alkyl carbamates (subject to hydrolysis) is 1. The molecule has 0 aromatic heterocycles. The van der Waals surface area contributed by atoms with Gasteiger partial charge in [-0.1, -0.05) is 19.1 Å². The second-order valence-electron chi connectivity index (χ2n) is 4.96. The van der Waals surface area contributed by atoms with E-state index in [2.05, 4.69) is 5.32 Å². The minimum atomic E-state index is -0.460. The molecule has 2 N–H and O–H groups in total. The van der Waals surface area contributed by atoms with Gasteiger partial charge in [-0.15, -0.1) is 0 Å². The summed E-state index contributed by atoms with van der Waals surface area (Å²) in [6, 6.07) is 6.56. The average molecular weight is 251 g/mol. The maximum Gasteiger partial charge on any atom is 0.408 e. The van der Waals surface area contributed by atoms with Crippen LogP contribution in [0.15, 0.2) is 24.3 Å². The van der Waals surface area contributed by atoms with Crippen LogP contribution in [0.1, 0.15) is 45.7 Å². The number of hydrogen-bond acceptors (Lipinski definition) is 3. The molecule has 18 heavy (non-hydrogen) atoms. The largest absolute Gasteiger partial charge is 0.508 e. The van der Waals surface area contributed by atoms with Gasteiger partial charge in [0.15, 0.2) is 0 Å². The number of nitrogens with one attached hydrogen (secondary N) is 1. The van der Waals surface area contributed by atoms with Crippen LogP contribution < -0.4 is 5.32 Å². The summed E-state index contributed by atoms with van der Waals surface area (Å²) >= 11 is 0. The molecule has 0 heterocycles. The van der Waals surface area contributed by atoms with E-state index in [1.54, 1.807) is 24.3 Å². The molecule has 0 saturated carbocycles. The molecule has 100 valence electrons. The maximum atomic E-state index is 11.7. The first kappa shape index (κ1) is 14.4. The van der Waals surface area contributed by atoms with Crippen LogP contribution in [0, 0.1) is 0 Å². The lowest BCUT2D eigenvalue weighted by Gasteiger charge is -2.24. The summed E-state index contributed by atoms with van der Waals surface area (Å²) in [6.07, 6.45) is 0.330. The quantitative estimate of drug-likeness (QED) is 0.862. The first-order valence-corrected chi connectivity index (χ1v) is 6.12. The van der Waals surface area contributed by atoms with Gasteiger partial charge >= 0.3 is 6.09 Å². The standard InChI is InChI=1S/C14H21NO3/c1-5-14(3,4)18-13(17)15-10(2)11-6-8-12(16)9-7-11/h6-10,16H,5H2,1-4H3,(H,15,17)/t10-/m0/s1. The van der Waals surface area contributed by atoms with Crippen LogP contribution in [0.25, 0.3) is 0 Å². The monoisotopic (exact) mass is 251 g/mol. The Morgan fingerprint density at radius 3 is 2.44 bits per heavy atom. The van der Waals surface area contributed by atoms with Crippen molar-refractivity contribution in [3.8, 4) is 5.75 Å². The van der Waals surface area contributed by atoms with Crippen molar-refractivity contribution in [2.75, 3.05) is 0 Å². The highest BCUT2D eigenvalue weighted by molar-refractivity contribution is 5.68. The molecule has 4 nitrogen and oxygen atoms in total. The summed E-state index contributed by atoms with van der Waals surface area (Å²) in [7, 11) is 0. The molecule has 4 heteroatoms. The highest BCUT2D eigenvalue weighted by atomic mass is 16.6. The first-order valence-electron chi connectivity index (χ1n) is 6.12. The van der Waals surface area contributed by atoms with Crippen LogP contribution in [-0.4, -0.2) is 16.8 Å². The van der Waals surface area contributed by atoms with E-state index in [1.165, 1.54) is 0 Å².